The van der Waals surface area contributed by atoms with E-state index in [4.69, 9.17) is 4.74 Å². The van der Waals surface area contributed by atoms with Crippen LogP contribution in [0.5, 0.6) is 5.75 Å². The number of carbonyl (C=O) groups excluding carboxylic acids is 1. The van der Waals surface area contributed by atoms with Crippen molar-refractivity contribution in [3.05, 3.63) is 45.4 Å². The Labute approximate surface area is 135 Å². The van der Waals surface area contributed by atoms with Crippen LogP contribution < -0.4 is 10.1 Å². The van der Waals surface area contributed by atoms with Crippen molar-refractivity contribution in [3.63, 3.8) is 0 Å². The normalized spacial score (nSPS) is 12.0. The predicted octanol–water partition coefficient (Wildman–Crippen LogP) is 3.19. The number of nitrogens with one attached hydrogen (secondary N) is 1. The fourth-order valence-corrected chi connectivity index (χ4v) is 2.67. The minimum atomic E-state index is -0.515. The van der Waals surface area contributed by atoms with Gasteiger partial charge in [-0.25, -0.2) is 4.98 Å². The molecule has 1 amide bonds. The van der Waals surface area contributed by atoms with E-state index in [1.807, 2.05) is 37.4 Å². The number of benzene rings is 1. The summed E-state index contributed by atoms with van der Waals surface area (Å²) in [5, 5.41) is 5.96. The molecule has 1 atom stereocenters. The Balaban J connectivity index is 1.80. The van der Waals surface area contributed by atoms with Gasteiger partial charge >= 0.3 is 0 Å². The van der Waals surface area contributed by atoms with Crippen LogP contribution in [0, 0.1) is 20.8 Å². The first kappa shape index (κ1) is 16.5. The fraction of sp³-hybridized carbons (Fsp3) is 0.412. The molecular formula is C17H22N2O2S. The lowest BCUT2D eigenvalue weighted by Crippen LogP contribution is -2.37. The molecule has 1 aromatic carbocycles. The van der Waals surface area contributed by atoms with Crippen molar-refractivity contribution in [1.82, 2.24) is 10.3 Å². The molecule has 0 aliphatic carbocycles. The largest absolute Gasteiger partial charge is 0.481 e. The molecule has 0 unspecified atom stereocenters. The van der Waals surface area contributed by atoms with Crippen molar-refractivity contribution in [2.75, 3.05) is 6.54 Å². The monoisotopic (exact) mass is 318 g/mol. The van der Waals surface area contributed by atoms with Crippen LogP contribution in [0.2, 0.25) is 0 Å². The predicted molar refractivity (Wildman–Crippen MR) is 89.6 cm³/mol. The van der Waals surface area contributed by atoms with Gasteiger partial charge in [0, 0.05) is 18.3 Å². The number of thiazole rings is 1. The number of rotatable bonds is 6. The number of carbonyl (C=O) groups is 1. The summed E-state index contributed by atoms with van der Waals surface area (Å²) in [5.74, 6) is 0.617. The molecule has 0 saturated heterocycles. The van der Waals surface area contributed by atoms with E-state index in [0.29, 0.717) is 6.54 Å². The summed E-state index contributed by atoms with van der Waals surface area (Å²) in [7, 11) is 0. The molecule has 0 spiro atoms. The topological polar surface area (TPSA) is 51.2 Å². The zero-order valence-corrected chi connectivity index (χ0v) is 14.3. The summed E-state index contributed by atoms with van der Waals surface area (Å²) in [6.07, 6.45) is 0.228. The first-order chi connectivity index (χ1) is 10.5. The number of hydrogen-bond acceptors (Lipinski definition) is 4. The van der Waals surface area contributed by atoms with Gasteiger partial charge in [0.05, 0.1) is 10.7 Å². The first-order valence-electron chi connectivity index (χ1n) is 7.38. The van der Waals surface area contributed by atoms with E-state index < -0.39 is 6.10 Å². The number of amides is 1. The highest BCUT2D eigenvalue weighted by molar-refractivity contribution is 7.09. The fourth-order valence-electron chi connectivity index (χ4n) is 2.03. The van der Waals surface area contributed by atoms with Crippen molar-refractivity contribution < 1.29 is 9.53 Å². The van der Waals surface area contributed by atoms with Gasteiger partial charge in [0.1, 0.15) is 5.75 Å². The third kappa shape index (κ3) is 4.56. The van der Waals surface area contributed by atoms with E-state index >= 15 is 0 Å². The van der Waals surface area contributed by atoms with E-state index in [2.05, 4.69) is 17.2 Å². The van der Waals surface area contributed by atoms with Gasteiger partial charge < -0.3 is 10.1 Å². The van der Waals surface area contributed by atoms with Crippen LogP contribution in [0.1, 0.15) is 28.8 Å². The van der Waals surface area contributed by atoms with E-state index in [-0.39, 0.29) is 5.91 Å². The van der Waals surface area contributed by atoms with Crippen molar-refractivity contribution in [2.24, 2.45) is 0 Å². The third-order valence-corrected chi connectivity index (χ3v) is 4.33. The maximum atomic E-state index is 12.0. The molecule has 5 heteroatoms. The maximum Gasteiger partial charge on any atom is 0.260 e. The second-order valence-corrected chi connectivity index (χ2v) is 6.47. The standard InChI is InChI=1S/C17H22N2O2S/c1-11-5-6-16(9-12(11)2)21-13(3)17(20)18-8-7-15-10-22-14(4)19-15/h5-6,9-10,13H,7-8H2,1-4H3,(H,18,20)/t13-/m1/s1. The van der Waals surface area contributed by atoms with E-state index in [1.54, 1.807) is 18.3 Å². The second-order valence-electron chi connectivity index (χ2n) is 5.41. The summed E-state index contributed by atoms with van der Waals surface area (Å²) in [5.41, 5.74) is 3.39. The molecule has 0 aliphatic heterocycles. The average Bonchev–Trinajstić information content (AvgIpc) is 2.88. The molecule has 1 heterocycles. The smallest absolute Gasteiger partial charge is 0.260 e. The van der Waals surface area contributed by atoms with Gasteiger partial charge in [0.25, 0.3) is 5.91 Å². The molecule has 0 saturated carbocycles. The maximum absolute atomic E-state index is 12.0. The van der Waals surface area contributed by atoms with E-state index in [9.17, 15) is 4.79 Å². The average molecular weight is 318 g/mol. The number of aryl methyl sites for hydroxylation is 3. The summed E-state index contributed by atoms with van der Waals surface area (Å²) in [6, 6.07) is 5.85. The summed E-state index contributed by atoms with van der Waals surface area (Å²) in [4.78, 5) is 16.4. The van der Waals surface area contributed by atoms with Crippen molar-refractivity contribution in [3.8, 4) is 5.75 Å². The van der Waals surface area contributed by atoms with Crippen LogP contribution in [0.3, 0.4) is 0 Å². The zero-order chi connectivity index (χ0) is 16.1. The molecule has 22 heavy (non-hydrogen) atoms. The highest BCUT2D eigenvalue weighted by Crippen LogP contribution is 2.17. The van der Waals surface area contributed by atoms with Crippen LogP contribution in [-0.4, -0.2) is 23.5 Å². The SMILES string of the molecule is Cc1nc(CCNC(=O)[C@@H](C)Oc2ccc(C)c(C)c2)cs1. The van der Waals surface area contributed by atoms with Crippen LogP contribution in [0.15, 0.2) is 23.6 Å². The summed E-state index contributed by atoms with van der Waals surface area (Å²) >= 11 is 1.63. The lowest BCUT2D eigenvalue weighted by Gasteiger charge is -2.15. The molecule has 0 radical (unpaired) electrons. The Morgan fingerprint density at radius 3 is 2.73 bits per heavy atom. The van der Waals surface area contributed by atoms with Gasteiger partial charge in [-0.1, -0.05) is 6.07 Å². The van der Waals surface area contributed by atoms with Crippen molar-refractivity contribution in [2.45, 2.75) is 40.2 Å². The third-order valence-electron chi connectivity index (χ3n) is 3.51. The Morgan fingerprint density at radius 2 is 2.09 bits per heavy atom. The molecule has 2 rings (SSSR count). The Bertz CT molecular complexity index is 652. The van der Waals surface area contributed by atoms with Gasteiger partial charge in [0.2, 0.25) is 0 Å². The lowest BCUT2D eigenvalue weighted by molar-refractivity contribution is -0.127. The molecule has 0 bridgehead atoms. The van der Waals surface area contributed by atoms with E-state index in [1.165, 1.54) is 5.56 Å². The highest BCUT2D eigenvalue weighted by Gasteiger charge is 2.14. The summed E-state index contributed by atoms with van der Waals surface area (Å²) in [6.45, 7) is 8.39. The van der Waals surface area contributed by atoms with E-state index in [0.717, 1.165) is 28.4 Å². The minimum Gasteiger partial charge on any atom is -0.481 e. The Morgan fingerprint density at radius 1 is 1.32 bits per heavy atom. The van der Waals surface area contributed by atoms with Gasteiger partial charge in [-0.2, -0.15) is 0 Å². The number of hydrogen-bond donors (Lipinski definition) is 1. The quantitative estimate of drug-likeness (QED) is 0.890. The minimum absolute atomic E-state index is 0.106. The van der Waals surface area contributed by atoms with Crippen molar-refractivity contribution in [1.29, 1.82) is 0 Å². The van der Waals surface area contributed by atoms with Crippen molar-refractivity contribution >= 4 is 17.2 Å². The van der Waals surface area contributed by atoms with Crippen LogP contribution in [-0.2, 0) is 11.2 Å². The molecule has 4 nitrogen and oxygen atoms in total. The van der Waals surface area contributed by atoms with Gasteiger partial charge in [-0.15, -0.1) is 11.3 Å². The molecule has 118 valence electrons. The van der Waals surface area contributed by atoms with Gasteiger partial charge in [-0.3, -0.25) is 4.79 Å². The molecule has 1 aromatic heterocycles. The Hall–Kier alpha value is -1.88. The molecule has 0 fully saturated rings. The zero-order valence-electron chi connectivity index (χ0n) is 13.5. The first-order valence-corrected chi connectivity index (χ1v) is 8.26. The molecule has 2 aromatic rings. The second kappa shape index (κ2) is 7.40. The highest BCUT2D eigenvalue weighted by atomic mass is 32.1. The van der Waals surface area contributed by atoms with Crippen LogP contribution in [0.4, 0.5) is 0 Å². The summed E-state index contributed by atoms with van der Waals surface area (Å²) < 4.78 is 5.69. The molecule has 0 aliphatic rings. The number of ether oxygens (including phenoxy) is 1. The lowest BCUT2D eigenvalue weighted by atomic mass is 10.1. The molecule has 1 N–H and O–H groups in total. The van der Waals surface area contributed by atoms with Gasteiger partial charge in [-0.05, 0) is 51.0 Å². The number of aromatic nitrogens is 1. The number of nitrogens with zero attached hydrogens (tertiary/aromatic N) is 1. The van der Waals surface area contributed by atoms with Crippen LogP contribution >= 0.6 is 11.3 Å². The molecular weight excluding hydrogens is 296 g/mol. The Kier molecular flexibility index (Phi) is 5.55. The van der Waals surface area contributed by atoms with Gasteiger partial charge in [0.15, 0.2) is 6.10 Å². The van der Waals surface area contributed by atoms with Crippen LogP contribution in [0.25, 0.3) is 0 Å².